The third kappa shape index (κ3) is 5.03. The molecule has 0 bridgehead atoms. The first kappa shape index (κ1) is 18.4. The molecule has 0 aromatic carbocycles. The van der Waals surface area contributed by atoms with Crippen LogP contribution < -0.4 is 5.32 Å². The Morgan fingerprint density at radius 2 is 1.78 bits per heavy atom. The molecule has 0 atom stereocenters. The molecule has 1 amide bonds. The molecule has 1 N–H and O–H groups in total. The van der Waals surface area contributed by atoms with Crippen LogP contribution in [0.3, 0.4) is 0 Å². The monoisotopic (exact) mass is 322 g/mol. The summed E-state index contributed by atoms with van der Waals surface area (Å²) in [5.41, 5.74) is 0.676. The fraction of sp³-hybridized carbons (Fsp3) is 0.895. The van der Waals surface area contributed by atoms with Crippen LogP contribution in [0.15, 0.2) is 0 Å². The number of amides is 1. The minimum absolute atomic E-state index is 0.312. The van der Waals surface area contributed by atoms with Gasteiger partial charge in [-0.2, -0.15) is 0 Å². The third-order valence-corrected chi connectivity index (χ3v) is 5.63. The summed E-state index contributed by atoms with van der Waals surface area (Å²) in [6.45, 7) is 9.80. The molecule has 4 nitrogen and oxygen atoms in total. The average molecular weight is 322 g/mol. The maximum Gasteiger partial charge on any atom is 0.222 e. The van der Waals surface area contributed by atoms with Gasteiger partial charge in [-0.25, -0.2) is 0 Å². The van der Waals surface area contributed by atoms with Crippen molar-refractivity contribution < 1.29 is 9.59 Å². The Bertz CT molecular complexity index is 402. The highest BCUT2D eigenvalue weighted by Crippen LogP contribution is 2.58. The number of Topliss-reactive ketones (excluding diaryl/α,β-unsaturated/α-hetero) is 1. The van der Waals surface area contributed by atoms with Crippen LogP contribution in [-0.2, 0) is 9.59 Å². The maximum absolute atomic E-state index is 11.5. The lowest BCUT2D eigenvalue weighted by Crippen LogP contribution is -2.46. The summed E-state index contributed by atoms with van der Waals surface area (Å²) in [6.07, 6.45) is 8.11. The van der Waals surface area contributed by atoms with E-state index in [4.69, 9.17) is 0 Å². The van der Waals surface area contributed by atoms with E-state index in [0.717, 1.165) is 32.6 Å². The minimum atomic E-state index is 0.312. The van der Waals surface area contributed by atoms with E-state index in [1.54, 1.807) is 0 Å². The molecule has 1 spiro atoms. The molecule has 2 saturated carbocycles. The highest BCUT2D eigenvalue weighted by molar-refractivity contribution is 5.81. The summed E-state index contributed by atoms with van der Waals surface area (Å²) in [4.78, 5) is 24.7. The van der Waals surface area contributed by atoms with Gasteiger partial charge in [0.2, 0.25) is 5.91 Å². The molecule has 1 saturated heterocycles. The number of ketones is 1. The molecule has 1 aliphatic heterocycles. The maximum atomic E-state index is 11.5. The zero-order valence-corrected chi connectivity index (χ0v) is 15.2. The van der Waals surface area contributed by atoms with Crippen molar-refractivity contribution in [2.24, 2.45) is 17.3 Å². The van der Waals surface area contributed by atoms with E-state index < -0.39 is 0 Å². The fourth-order valence-corrected chi connectivity index (χ4v) is 3.98. The summed E-state index contributed by atoms with van der Waals surface area (Å²) in [6, 6.07) is 0. The lowest BCUT2D eigenvalue weighted by molar-refractivity contribution is -0.134. The van der Waals surface area contributed by atoms with Crippen LogP contribution in [0.1, 0.15) is 65.7 Å². The van der Waals surface area contributed by atoms with Gasteiger partial charge in [0, 0.05) is 44.9 Å². The highest BCUT2D eigenvalue weighted by atomic mass is 16.2. The van der Waals surface area contributed by atoms with E-state index in [0.29, 0.717) is 35.4 Å². The number of rotatable bonds is 4. The summed E-state index contributed by atoms with van der Waals surface area (Å²) in [5, 5.41) is 3.23. The van der Waals surface area contributed by atoms with Crippen molar-refractivity contribution >= 4 is 11.7 Å². The van der Waals surface area contributed by atoms with Crippen molar-refractivity contribution in [3.05, 3.63) is 0 Å². The van der Waals surface area contributed by atoms with E-state index in [9.17, 15) is 9.59 Å². The number of carbonyl (C=O) groups is 2. The van der Waals surface area contributed by atoms with Gasteiger partial charge < -0.3 is 10.2 Å². The Kier molecular flexibility index (Phi) is 6.63. The van der Waals surface area contributed by atoms with Crippen molar-refractivity contribution in [2.45, 2.75) is 65.7 Å². The molecule has 0 radical (unpaired) electrons. The molecule has 2 aliphatic carbocycles. The van der Waals surface area contributed by atoms with Gasteiger partial charge in [-0.3, -0.25) is 9.59 Å². The molecule has 3 fully saturated rings. The SMILES string of the molecule is CC(C)CC(=O)N1CCNCC1.CCC(=O)C1CC2(CCC2)C1. The second-order valence-electron chi connectivity index (χ2n) is 8.01. The summed E-state index contributed by atoms with van der Waals surface area (Å²) < 4.78 is 0. The smallest absolute Gasteiger partial charge is 0.222 e. The first-order chi connectivity index (χ1) is 11.0. The first-order valence-electron chi connectivity index (χ1n) is 9.47. The quantitative estimate of drug-likeness (QED) is 0.865. The number of nitrogens with one attached hydrogen (secondary N) is 1. The standard InChI is InChI=1S/C10H16O.C9H18N2O/c1-2-9(11)8-6-10(7-8)4-3-5-10;1-8(2)7-9(12)11-5-3-10-4-6-11/h8H,2-7H2,1H3;8,10H,3-7H2,1-2H3. The van der Waals surface area contributed by atoms with Crippen LogP contribution >= 0.6 is 0 Å². The second kappa shape index (κ2) is 8.27. The average Bonchev–Trinajstić information content (AvgIpc) is 2.45. The molecule has 23 heavy (non-hydrogen) atoms. The lowest BCUT2D eigenvalue weighted by Gasteiger charge is -2.53. The Balaban J connectivity index is 0.000000167. The molecular formula is C19H34N2O2. The molecule has 1 heterocycles. The van der Waals surface area contributed by atoms with Gasteiger partial charge in [0.1, 0.15) is 5.78 Å². The summed E-state index contributed by atoms with van der Waals surface area (Å²) in [7, 11) is 0. The zero-order chi connectivity index (χ0) is 16.9. The predicted molar refractivity (Wildman–Crippen MR) is 93.2 cm³/mol. The van der Waals surface area contributed by atoms with E-state index in [1.165, 1.54) is 32.1 Å². The topological polar surface area (TPSA) is 49.4 Å². The van der Waals surface area contributed by atoms with Crippen LogP contribution in [0, 0.1) is 17.3 Å². The molecule has 0 aromatic rings. The van der Waals surface area contributed by atoms with E-state index >= 15 is 0 Å². The fourth-order valence-electron chi connectivity index (χ4n) is 3.98. The van der Waals surface area contributed by atoms with Crippen molar-refractivity contribution in [1.29, 1.82) is 0 Å². The first-order valence-corrected chi connectivity index (χ1v) is 9.47. The van der Waals surface area contributed by atoms with Gasteiger partial charge in [0.25, 0.3) is 0 Å². The Hall–Kier alpha value is -0.900. The number of hydrogen-bond donors (Lipinski definition) is 1. The molecule has 3 rings (SSSR count). The van der Waals surface area contributed by atoms with Crippen LogP contribution in [0.25, 0.3) is 0 Å². The summed E-state index contributed by atoms with van der Waals surface area (Å²) in [5.74, 6) is 1.75. The second-order valence-corrected chi connectivity index (χ2v) is 8.01. The number of hydrogen-bond acceptors (Lipinski definition) is 3. The summed E-state index contributed by atoms with van der Waals surface area (Å²) >= 11 is 0. The van der Waals surface area contributed by atoms with Crippen molar-refractivity contribution in [1.82, 2.24) is 10.2 Å². The van der Waals surface area contributed by atoms with Crippen molar-refractivity contribution in [3.63, 3.8) is 0 Å². The number of piperazine rings is 1. The Morgan fingerprint density at radius 3 is 2.22 bits per heavy atom. The molecule has 132 valence electrons. The predicted octanol–water partition coefficient (Wildman–Crippen LogP) is 3.01. The van der Waals surface area contributed by atoms with Crippen LogP contribution in [0.2, 0.25) is 0 Å². The van der Waals surface area contributed by atoms with Crippen LogP contribution in [0.4, 0.5) is 0 Å². The zero-order valence-electron chi connectivity index (χ0n) is 15.2. The Labute approximate surface area is 141 Å². The largest absolute Gasteiger partial charge is 0.340 e. The van der Waals surface area contributed by atoms with E-state index in [1.807, 2.05) is 11.8 Å². The van der Waals surface area contributed by atoms with Crippen LogP contribution in [0.5, 0.6) is 0 Å². The van der Waals surface area contributed by atoms with Gasteiger partial charge in [0.15, 0.2) is 0 Å². The van der Waals surface area contributed by atoms with Crippen LogP contribution in [-0.4, -0.2) is 42.8 Å². The molecule has 0 unspecified atom stereocenters. The molecule has 3 aliphatic rings. The third-order valence-electron chi connectivity index (χ3n) is 5.63. The Morgan fingerprint density at radius 1 is 1.17 bits per heavy atom. The van der Waals surface area contributed by atoms with Crippen molar-refractivity contribution in [2.75, 3.05) is 26.2 Å². The minimum Gasteiger partial charge on any atom is -0.340 e. The normalized spacial score (nSPS) is 22.9. The lowest BCUT2D eigenvalue weighted by atomic mass is 9.51. The number of nitrogens with zero attached hydrogens (tertiary/aromatic N) is 1. The van der Waals surface area contributed by atoms with E-state index in [-0.39, 0.29) is 0 Å². The molecule has 4 heteroatoms. The molecular weight excluding hydrogens is 288 g/mol. The van der Waals surface area contributed by atoms with E-state index in [2.05, 4.69) is 19.2 Å². The van der Waals surface area contributed by atoms with Gasteiger partial charge >= 0.3 is 0 Å². The molecule has 0 aromatic heterocycles. The van der Waals surface area contributed by atoms with Crippen molar-refractivity contribution in [3.8, 4) is 0 Å². The van der Waals surface area contributed by atoms with Gasteiger partial charge in [-0.1, -0.05) is 27.2 Å². The number of carbonyl (C=O) groups excluding carboxylic acids is 2. The van der Waals surface area contributed by atoms with Gasteiger partial charge in [-0.05, 0) is 37.0 Å². The van der Waals surface area contributed by atoms with Gasteiger partial charge in [0.05, 0.1) is 0 Å². The van der Waals surface area contributed by atoms with Gasteiger partial charge in [-0.15, -0.1) is 0 Å². The highest BCUT2D eigenvalue weighted by Gasteiger charge is 2.49.